The summed E-state index contributed by atoms with van der Waals surface area (Å²) in [5, 5.41) is 11.5. The Labute approximate surface area is 123 Å². The summed E-state index contributed by atoms with van der Waals surface area (Å²) in [6.07, 6.45) is 4.53. The van der Waals surface area contributed by atoms with Crippen LogP contribution in [-0.4, -0.2) is 34.1 Å². The minimum atomic E-state index is -0.107. The Hall–Kier alpha value is -2.58. The van der Waals surface area contributed by atoms with E-state index in [1.165, 1.54) is 0 Å². The van der Waals surface area contributed by atoms with Crippen LogP contribution in [0.2, 0.25) is 0 Å². The molecule has 0 atom stereocenters. The molecule has 2 rings (SSSR count). The molecule has 0 bridgehead atoms. The highest BCUT2D eigenvalue weighted by atomic mass is 16.2. The summed E-state index contributed by atoms with van der Waals surface area (Å²) in [5.41, 5.74) is 2.43. The second kappa shape index (κ2) is 7.88. The normalized spacial score (nSPS) is 9.76. The van der Waals surface area contributed by atoms with Crippen LogP contribution in [0.25, 0.3) is 0 Å². The molecule has 5 heteroatoms. The number of aromatic amines is 1. The van der Waals surface area contributed by atoms with E-state index in [1.54, 1.807) is 36.8 Å². The molecule has 2 aromatic rings. The van der Waals surface area contributed by atoms with Crippen molar-refractivity contribution in [1.82, 2.24) is 15.3 Å². The summed E-state index contributed by atoms with van der Waals surface area (Å²) < 4.78 is 0. The number of carbonyl (C=O) groups is 1. The fourth-order valence-corrected chi connectivity index (χ4v) is 1.76. The highest BCUT2D eigenvalue weighted by Gasteiger charge is 2.04. The van der Waals surface area contributed by atoms with E-state index in [0.717, 1.165) is 17.7 Å². The summed E-state index contributed by atoms with van der Waals surface area (Å²) in [6.45, 7) is 0.614. The van der Waals surface area contributed by atoms with Crippen molar-refractivity contribution in [2.24, 2.45) is 0 Å². The van der Waals surface area contributed by atoms with Crippen molar-refractivity contribution in [2.45, 2.75) is 12.8 Å². The number of nitrogens with one attached hydrogen (secondary N) is 2. The van der Waals surface area contributed by atoms with Crippen LogP contribution in [0.5, 0.6) is 0 Å². The summed E-state index contributed by atoms with van der Waals surface area (Å²) in [7, 11) is 0. The van der Waals surface area contributed by atoms with Gasteiger partial charge in [0.1, 0.15) is 0 Å². The zero-order valence-electron chi connectivity index (χ0n) is 11.6. The number of aliphatic hydroxyl groups is 1. The van der Waals surface area contributed by atoms with Crippen molar-refractivity contribution in [1.29, 1.82) is 0 Å². The first-order valence-electron chi connectivity index (χ1n) is 6.75. The summed E-state index contributed by atoms with van der Waals surface area (Å²) >= 11 is 0. The van der Waals surface area contributed by atoms with E-state index < -0.39 is 0 Å². The van der Waals surface area contributed by atoms with E-state index >= 15 is 0 Å². The van der Waals surface area contributed by atoms with Gasteiger partial charge in [0, 0.05) is 42.4 Å². The van der Waals surface area contributed by atoms with Crippen molar-refractivity contribution in [2.75, 3.05) is 13.2 Å². The van der Waals surface area contributed by atoms with Gasteiger partial charge in [-0.15, -0.1) is 0 Å². The lowest BCUT2D eigenvalue weighted by molar-refractivity contribution is 0.0954. The molecule has 5 nitrogen and oxygen atoms in total. The highest BCUT2D eigenvalue weighted by Crippen LogP contribution is 2.03. The lowest BCUT2D eigenvalue weighted by atomic mass is 10.1. The van der Waals surface area contributed by atoms with Crippen LogP contribution in [0.4, 0.5) is 0 Å². The summed E-state index contributed by atoms with van der Waals surface area (Å²) in [5.74, 6) is 5.65. The van der Waals surface area contributed by atoms with E-state index in [0.29, 0.717) is 18.5 Å². The smallest absolute Gasteiger partial charge is 0.251 e. The van der Waals surface area contributed by atoms with Crippen LogP contribution in [0, 0.1) is 11.8 Å². The average molecular weight is 283 g/mol. The Kier molecular flexibility index (Phi) is 5.56. The molecule has 0 aliphatic heterocycles. The molecule has 0 unspecified atom stereocenters. The molecule has 1 amide bonds. The zero-order valence-corrected chi connectivity index (χ0v) is 11.6. The quantitative estimate of drug-likeness (QED) is 0.719. The lowest BCUT2D eigenvalue weighted by Crippen LogP contribution is -2.25. The largest absolute Gasteiger partial charge is 0.395 e. The molecular weight excluding hydrogens is 266 g/mol. The number of hydrogen-bond acceptors (Lipinski definition) is 3. The number of benzene rings is 1. The number of H-pyrrole nitrogens is 1. The van der Waals surface area contributed by atoms with Crippen molar-refractivity contribution < 1.29 is 9.90 Å². The second-order valence-corrected chi connectivity index (χ2v) is 4.44. The van der Waals surface area contributed by atoms with Crippen LogP contribution < -0.4 is 5.32 Å². The maximum absolute atomic E-state index is 11.9. The molecule has 1 aromatic heterocycles. The molecule has 0 fully saturated rings. The molecule has 1 aromatic carbocycles. The number of rotatable bonds is 5. The Morgan fingerprint density at radius 1 is 1.33 bits per heavy atom. The van der Waals surface area contributed by atoms with Crippen LogP contribution in [-0.2, 0) is 6.42 Å². The predicted molar refractivity (Wildman–Crippen MR) is 79.6 cm³/mol. The van der Waals surface area contributed by atoms with Crippen LogP contribution in [0.15, 0.2) is 36.8 Å². The van der Waals surface area contributed by atoms with Gasteiger partial charge in [-0.25, -0.2) is 4.98 Å². The molecule has 3 N–H and O–H groups in total. The fraction of sp³-hybridized carbons (Fsp3) is 0.250. The van der Waals surface area contributed by atoms with Gasteiger partial charge in [-0.1, -0.05) is 11.8 Å². The van der Waals surface area contributed by atoms with Crippen LogP contribution in [0.3, 0.4) is 0 Å². The van der Waals surface area contributed by atoms with Gasteiger partial charge < -0.3 is 15.4 Å². The monoisotopic (exact) mass is 283 g/mol. The Morgan fingerprint density at radius 2 is 2.14 bits per heavy atom. The standard InChI is InChI=1S/C16H17N3O2/c20-10-2-1-3-13-4-6-14(7-5-13)16(21)18-9-8-15-11-17-12-19-15/h4-7,11-12,20H,2,8-10H2,(H,17,19)(H,18,21). The molecule has 0 saturated heterocycles. The molecule has 0 spiro atoms. The van der Waals surface area contributed by atoms with E-state index in [4.69, 9.17) is 5.11 Å². The first-order valence-corrected chi connectivity index (χ1v) is 6.75. The zero-order chi connectivity index (χ0) is 14.9. The minimum absolute atomic E-state index is 0.0593. The SMILES string of the molecule is O=C(NCCc1cnc[nH]1)c1ccc(C#CCCO)cc1. The Morgan fingerprint density at radius 3 is 2.81 bits per heavy atom. The topological polar surface area (TPSA) is 78.0 Å². The maximum atomic E-state index is 11.9. The van der Waals surface area contributed by atoms with Crippen LogP contribution in [0.1, 0.15) is 28.0 Å². The van der Waals surface area contributed by atoms with Gasteiger partial charge in [-0.05, 0) is 24.3 Å². The molecule has 1 heterocycles. The first kappa shape index (κ1) is 14.8. The van der Waals surface area contributed by atoms with E-state index in [9.17, 15) is 4.79 Å². The first-order chi connectivity index (χ1) is 10.3. The maximum Gasteiger partial charge on any atom is 0.251 e. The average Bonchev–Trinajstić information content (AvgIpc) is 3.01. The minimum Gasteiger partial charge on any atom is -0.395 e. The van der Waals surface area contributed by atoms with Gasteiger partial charge >= 0.3 is 0 Å². The van der Waals surface area contributed by atoms with Crippen molar-refractivity contribution in [3.05, 3.63) is 53.6 Å². The number of nitrogens with zero attached hydrogens (tertiary/aromatic N) is 1. The molecular formula is C16H17N3O2. The Bertz CT molecular complexity index is 622. The number of imidazole rings is 1. The van der Waals surface area contributed by atoms with Crippen molar-refractivity contribution in [3.8, 4) is 11.8 Å². The van der Waals surface area contributed by atoms with Gasteiger partial charge in [0.2, 0.25) is 0 Å². The number of hydrogen-bond donors (Lipinski definition) is 3. The Balaban J connectivity index is 1.83. The summed E-state index contributed by atoms with van der Waals surface area (Å²) in [4.78, 5) is 18.8. The lowest BCUT2D eigenvalue weighted by Gasteiger charge is -2.04. The van der Waals surface area contributed by atoms with E-state index in [-0.39, 0.29) is 12.5 Å². The molecule has 0 aliphatic carbocycles. The van der Waals surface area contributed by atoms with Crippen molar-refractivity contribution in [3.63, 3.8) is 0 Å². The predicted octanol–water partition coefficient (Wildman–Crippen LogP) is 1.12. The highest BCUT2D eigenvalue weighted by molar-refractivity contribution is 5.94. The number of aromatic nitrogens is 2. The second-order valence-electron chi connectivity index (χ2n) is 4.44. The van der Waals surface area contributed by atoms with E-state index in [1.807, 2.05) is 0 Å². The third-order valence-corrected chi connectivity index (χ3v) is 2.85. The third-order valence-electron chi connectivity index (χ3n) is 2.85. The fourth-order valence-electron chi connectivity index (χ4n) is 1.76. The number of carbonyl (C=O) groups excluding carboxylic acids is 1. The van der Waals surface area contributed by atoms with Gasteiger partial charge in [0.25, 0.3) is 5.91 Å². The molecule has 0 aliphatic rings. The third kappa shape index (κ3) is 4.79. The number of amides is 1. The molecule has 0 saturated carbocycles. The summed E-state index contributed by atoms with van der Waals surface area (Å²) in [6, 6.07) is 7.09. The van der Waals surface area contributed by atoms with Crippen LogP contribution >= 0.6 is 0 Å². The van der Waals surface area contributed by atoms with Gasteiger partial charge in [-0.2, -0.15) is 0 Å². The molecule has 0 radical (unpaired) electrons. The van der Waals surface area contributed by atoms with Gasteiger partial charge in [0.15, 0.2) is 0 Å². The molecule has 108 valence electrons. The number of aliphatic hydroxyl groups excluding tert-OH is 1. The van der Waals surface area contributed by atoms with E-state index in [2.05, 4.69) is 27.1 Å². The van der Waals surface area contributed by atoms with Gasteiger partial charge in [-0.3, -0.25) is 4.79 Å². The van der Waals surface area contributed by atoms with Gasteiger partial charge in [0.05, 0.1) is 12.9 Å². The van der Waals surface area contributed by atoms with Crippen molar-refractivity contribution >= 4 is 5.91 Å². The molecule has 21 heavy (non-hydrogen) atoms.